The van der Waals surface area contributed by atoms with Crippen LogP contribution in [0.1, 0.15) is 70.4 Å². The summed E-state index contributed by atoms with van der Waals surface area (Å²) < 4.78 is 5.92. The predicted octanol–water partition coefficient (Wildman–Crippen LogP) is 8.03. The molecular weight excluding hydrogens is 484 g/mol. The second-order valence-electron chi connectivity index (χ2n) is 12.1. The van der Waals surface area contributed by atoms with Crippen molar-refractivity contribution in [3.8, 4) is 11.1 Å². The van der Waals surface area contributed by atoms with Gasteiger partial charge in [0, 0.05) is 0 Å². The van der Waals surface area contributed by atoms with Gasteiger partial charge in [-0.15, -0.1) is 0 Å². The lowest BCUT2D eigenvalue weighted by Gasteiger charge is -2.57. The summed E-state index contributed by atoms with van der Waals surface area (Å²) in [6, 6.07) is 27.2. The summed E-state index contributed by atoms with van der Waals surface area (Å²) in [5.41, 5.74) is 5.52. The maximum Gasteiger partial charge on any atom is 0.338 e. The third-order valence-electron chi connectivity index (χ3n) is 9.53. The molecule has 8 rings (SSSR count). The fourth-order valence-corrected chi connectivity index (χ4v) is 8.19. The smallest absolute Gasteiger partial charge is 0.338 e. The molecule has 4 bridgehead atoms. The molecule has 39 heavy (non-hydrogen) atoms. The maximum absolute atomic E-state index is 13.2. The van der Waals surface area contributed by atoms with Crippen LogP contribution in [-0.2, 0) is 16.8 Å². The zero-order chi connectivity index (χ0) is 26.6. The molecule has 196 valence electrons. The van der Waals surface area contributed by atoms with Crippen LogP contribution < -0.4 is 0 Å². The highest BCUT2D eigenvalue weighted by atomic mass is 16.5. The van der Waals surface area contributed by atoms with E-state index in [0.29, 0.717) is 12.2 Å². The Bertz CT molecular complexity index is 1550. The number of carboxylic acids is 1. The molecule has 0 unspecified atom stereocenters. The molecule has 4 aromatic rings. The molecule has 0 heterocycles. The summed E-state index contributed by atoms with van der Waals surface area (Å²) in [4.78, 5) is 24.4. The number of carbonyl (C=O) groups is 2. The minimum atomic E-state index is -0.941. The average Bonchev–Trinajstić information content (AvgIpc) is 2.95. The third-order valence-corrected chi connectivity index (χ3v) is 9.53. The van der Waals surface area contributed by atoms with Gasteiger partial charge in [0.2, 0.25) is 0 Å². The summed E-state index contributed by atoms with van der Waals surface area (Å²) in [7, 11) is 0. The molecule has 4 fully saturated rings. The van der Waals surface area contributed by atoms with E-state index in [2.05, 4.69) is 24.3 Å². The lowest BCUT2D eigenvalue weighted by atomic mass is 9.47. The highest BCUT2D eigenvalue weighted by molar-refractivity contribution is 5.97. The van der Waals surface area contributed by atoms with Crippen molar-refractivity contribution < 1.29 is 19.4 Å². The van der Waals surface area contributed by atoms with Crippen molar-refractivity contribution in [3.63, 3.8) is 0 Å². The molecule has 0 amide bonds. The second-order valence-corrected chi connectivity index (χ2v) is 12.1. The summed E-state index contributed by atoms with van der Waals surface area (Å²) in [6.45, 7) is 0.296. The SMILES string of the molecule is O=C(O)c1ccc(-c2ccc3ccc(C(=O)OCc4ccccc4C45CC6CC(CC(C6)C4)C5)cc3c2)cc1. The molecule has 1 N–H and O–H groups in total. The van der Waals surface area contributed by atoms with Gasteiger partial charge in [0.15, 0.2) is 0 Å². The monoisotopic (exact) mass is 516 g/mol. The minimum absolute atomic E-state index is 0.259. The zero-order valence-electron chi connectivity index (χ0n) is 21.9. The Morgan fingerprint density at radius 2 is 1.33 bits per heavy atom. The summed E-state index contributed by atoms with van der Waals surface area (Å²) in [6.07, 6.45) is 8.09. The van der Waals surface area contributed by atoms with Crippen molar-refractivity contribution in [2.24, 2.45) is 17.8 Å². The second kappa shape index (κ2) is 9.37. The van der Waals surface area contributed by atoms with Gasteiger partial charge in [0.05, 0.1) is 11.1 Å². The van der Waals surface area contributed by atoms with E-state index in [1.807, 2.05) is 48.5 Å². The Kier molecular flexibility index (Phi) is 5.80. The average molecular weight is 517 g/mol. The van der Waals surface area contributed by atoms with Gasteiger partial charge in [0.25, 0.3) is 0 Å². The van der Waals surface area contributed by atoms with Crippen molar-refractivity contribution in [2.45, 2.75) is 50.5 Å². The van der Waals surface area contributed by atoms with E-state index in [1.54, 1.807) is 12.1 Å². The van der Waals surface area contributed by atoms with Crippen LogP contribution in [0.5, 0.6) is 0 Å². The Morgan fingerprint density at radius 1 is 0.718 bits per heavy atom. The van der Waals surface area contributed by atoms with Crippen LogP contribution in [0.15, 0.2) is 84.9 Å². The topological polar surface area (TPSA) is 63.6 Å². The summed E-state index contributed by atoms with van der Waals surface area (Å²) in [5.74, 6) is 1.34. The van der Waals surface area contributed by atoms with Crippen LogP contribution in [0.4, 0.5) is 0 Å². The molecule has 4 heteroatoms. The minimum Gasteiger partial charge on any atom is -0.478 e. The molecule has 4 aliphatic carbocycles. The number of carboxylic acid groups (broad SMARTS) is 1. The molecule has 0 atom stereocenters. The van der Waals surface area contributed by atoms with Crippen LogP contribution in [0.2, 0.25) is 0 Å². The van der Waals surface area contributed by atoms with Gasteiger partial charge in [0.1, 0.15) is 6.61 Å². The number of ether oxygens (including phenoxy) is 1. The summed E-state index contributed by atoms with van der Waals surface area (Å²) >= 11 is 0. The molecule has 4 aliphatic rings. The lowest BCUT2D eigenvalue weighted by Crippen LogP contribution is -2.48. The number of carbonyl (C=O) groups excluding carboxylic acids is 1. The number of esters is 1. The van der Waals surface area contributed by atoms with E-state index in [9.17, 15) is 14.7 Å². The molecule has 0 aliphatic heterocycles. The Balaban J connectivity index is 1.11. The van der Waals surface area contributed by atoms with E-state index < -0.39 is 5.97 Å². The molecule has 4 saturated carbocycles. The van der Waals surface area contributed by atoms with Crippen LogP contribution in [0.25, 0.3) is 21.9 Å². The molecular formula is C35H32O4. The van der Waals surface area contributed by atoms with Gasteiger partial charge in [-0.2, -0.15) is 0 Å². The van der Waals surface area contributed by atoms with Gasteiger partial charge in [-0.3, -0.25) is 0 Å². The number of hydrogen-bond acceptors (Lipinski definition) is 3. The first kappa shape index (κ1) is 24.1. The maximum atomic E-state index is 13.2. The number of aromatic carboxylic acids is 1. The largest absolute Gasteiger partial charge is 0.478 e. The van der Waals surface area contributed by atoms with E-state index in [1.165, 1.54) is 44.1 Å². The highest BCUT2D eigenvalue weighted by Crippen LogP contribution is 2.61. The molecule has 0 saturated heterocycles. The normalized spacial score (nSPS) is 25.1. The van der Waals surface area contributed by atoms with Crippen molar-refractivity contribution in [1.29, 1.82) is 0 Å². The molecule has 0 aromatic heterocycles. The fraction of sp³-hybridized carbons (Fsp3) is 0.314. The van der Waals surface area contributed by atoms with Crippen LogP contribution in [0.3, 0.4) is 0 Å². The number of fused-ring (bicyclic) bond motifs is 1. The standard InChI is InChI=1S/C35H32O4/c36-33(37)27-9-5-25(6-10-27)28-11-7-26-8-12-29(17-31(26)16-28)34(38)39-21-30-3-1-2-4-32(30)35-18-22-13-23(19-35)15-24(14-22)20-35/h1-12,16-17,22-24H,13-15,18-21H2,(H,36,37). The van der Waals surface area contributed by atoms with Crippen molar-refractivity contribution >= 4 is 22.7 Å². The van der Waals surface area contributed by atoms with E-state index >= 15 is 0 Å². The van der Waals surface area contributed by atoms with Crippen molar-refractivity contribution in [1.82, 2.24) is 0 Å². The highest BCUT2D eigenvalue weighted by Gasteiger charge is 2.52. The van der Waals surface area contributed by atoms with Crippen molar-refractivity contribution in [2.75, 3.05) is 0 Å². The Hall–Kier alpha value is -3.92. The first-order chi connectivity index (χ1) is 19.0. The molecule has 4 nitrogen and oxygen atoms in total. The number of rotatable bonds is 6. The van der Waals surface area contributed by atoms with Crippen molar-refractivity contribution in [3.05, 3.63) is 107 Å². The molecule has 0 spiro atoms. The van der Waals surface area contributed by atoms with Gasteiger partial charge >= 0.3 is 11.9 Å². The molecule has 0 radical (unpaired) electrons. The first-order valence-corrected chi connectivity index (χ1v) is 14.1. The number of benzene rings is 4. The van der Waals surface area contributed by atoms with E-state index in [0.717, 1.165) is 45.2 Å². The van der Waals surface area contributed by atoms with Crippen LogP contribution >= 0.6 is 0 Å². The summed E-state index contributed by atoms with van der Waals surface area (Å²) in [5, 5.41) is 11.1. The van der Waals surface area contributed by atoms with E-state index in [-0.39, 0.29) is 16.9 Å². The van der Waals surface area contributed by atoms with Gasteiger partial charge < -0.3 is 9.84 Å². The Labute approximate surface area is 228 Å². The predicted molar refractivity (Wildman–Crippen MR) is 152 cm³/mol. The van der Waals surface area contributed by atoms with Crippen LogP contribution in [-0.4, -0.2) is 17.0 Å². The van der Waals surface area contributed by atoms with Gasteiger partial charge in [-0.05, 0) is 125 Å². The fourth-order valence-electron chi connectivity index (χ4n) is 8.19. The van der Waals surface area contributed by atoms with Crippen LogP contribution in [0, 0.1) is 17.8 Å². The van der Waals surface area contributed by atoms with E-state index in [4.69, 9.17) is 4.74 Å². The number of hydrogen-bond donors (Lipinski definition) is 1. The first-order valence-electron chi connectivity index (χ1n) is 14.1. The lowest BCUT2D eigenvalue weighted by molar-refractivity contribution is -0.00639. The zero-order valence-corrected chi connectivity index (χ0v) is 21.9. The quantitative estimate of drug-likeness (QED) is 0.264. The Morgan fingerprint density at radius 3 is 2.03 bits per heavy atom. The molecule has 4 aromatic carbocycles. The van der Waals surface area contributed by atoms with Gasteiger partial charge in [-0.25, -0.2) is 9.59 Å². The van der Waals surface area contributed by atoms with Gasteiger partial charge in [-0.1, -0.05) is 54.6 Å². The third kappa shape index (κ3) is 4.42.